The van der Waals surface area contributed by atoms with Gasteiger partial charge < -0.3 is 9.13 Å². The van der Waals surface area contributed by atoms with Crippen molar-refractivity contribution in [2.75, 3.05) is 5.75 Å². The standard InChI is InChI=1S/C26H28FN5OS/c1-4-14-32-25(21-9-12-28-13-10-21)29-30-26(32)34-17-24(33)23-16-18(2)31(19(23)3)15-11-20-5-7-22(27)8-6-20/h5-10,12-13,16H,4,11,14-15,17H2,1-3H3. The van der Waals surface area contributed by atoms with E-state index in [0.717, 1.165) is 65.0 Å². The maximum absolute atomic E-state index is 13.2. The molecule has 0 atom stereocenters. The van der Waals surface area contributed by atoms with E-state index in [1.165, 1.54) is 23.9 Å². The lowest BCUT2D eigenvalue weighted by Crippen LogP contribution is -2.09. The van der Waals surface area contributed by atoms with E-state index in [4.69, 9.17) is 0 Å². The highest BCUT2D eigenvalue weighted by Crippen LogP contribution is 2.26. The van der Waals surface area contributed by atoms with Gasteiger partial charge >= 0.3 is 0 Å². The van der Waals surface area contributed by atoms with Gasteiger partial charge in [0.25, 0.3) is 0 Å². The summed E-state index contributed by atoms with van der Waals surface area (Å²) in [6.45, 7) is 7.62. The van der Waals surface area contributed by atoms with E-state index in [2.05, 4.69) is 31.2 Å². The van der Waals surface area contributed by atoms with E-state index in [0.29, 0.717) is 5.75 Å². The molecule has 0 aliphatic rings. The minimum atomic E-state index is -0.231. The topological polar surface area (TPSA) is 65.6 Å². The van der Waals surface area contributed by atoms with Gasteiger partial charge in [0.1, 0.15) is 5.82 Å². The molecule has 6 nitrogen and oxygen atoms in total. The van der Waals surface area contributed by atoms with Gasteiger partial charge in [-0.25, -0.2) is 4.39 Å². The Labute approximate surface area is 203 Å². The Bertz CT molecular complexity index is 1260. The fraction of sp³-hybridized carbons (Fsp3) is 0.308. The van der Waals surface area contributed by atoms with Crippen molar-refractivity contribution in [2.24, 2.45) is 0 Å². The lowest BCUT2D eigenvalue weighted by molar-refractivity contribution is 0.102. The van der Waals surface area contributed by atoms with Crippen LogP contribution in [-0.4, -0.2) is 35.9 Å². The van der Waals surface area contributed by atoms with E-state index in [9.17, 15) is 9.18 Å². The molecule has 1 aromatic carbocycles. The Morgan fingerprint density at radius 2 is 1.74 bits per heavy atom. The molecule has 0 amide bonds. The molecule has 0 aliphatic heterocycles. The molecule has 4 rings (SSSR count). The molecular weight excluding hydrogens is 449 g/mol. The lowest BCUT2D eigenvalue weighted by atomic mass is 10.1. The molecule has 3 heterocycles. The predicted octanol–water partition coefficient (Wildman–Crippen LogP) is 5.53. The highest BCUT2D eigenvalue weighted by atomic mass is 32.2. The van der Waals surface area contributed by atoms with E-state index in [-0.39, 0.29) is 11.6 Å². The summed E-state index contributed by atoms with van der Waals surface area (Å²) in [4.78, 5) is 17.2. The number of nitrogens with zero attached hydrogens (tertiary/aromatic N) is 5. The minimum Gasteiger partial charge on any atom is -0.348 e. The Balaban J connectivity index is 1.46. The molecule has 0 spiro atoms. The normalized spacial score (nSPS) is 11.2. The largest absolute Gasteiger partial charge is 0.348 e. The maximum atomic E-state index is 13.2. The van der Waals surface area contributed by atoms with Gasteiger partial charge in [-0.3, -0.25) is 9.78 Å². The summed E-state index contributed by atoms with van der Waals surface area (Å²) in [5.41, 5.74) is 4.76. The van der Waals surface area contributed by atoms with Crippen molar-refractivity contribution < 1.29 is 9.18 Å². The lowest BCUT2D eigenvalue weighted by Gasteiger charge is -2.10. The first-order chi connectivity index (χ1) is 16.5. The molecule has 34 heavy (non-hydrogen) atoms. The van der Waals surface area contributed by atoms with Crippen LogP contribution in [0.4, 0.5) is 4.39 Å². The second kappa shape index (κ2) is 10.8. The summed E-state index contributed by atoms with van der Waals surface area (Å²) in [7, 11) is 0. The molecule has 4 aromatic rings. The second-order valence-corrected chi connectivity index (χ2v) is 9.16. The molecule has 176 valence electrons. The highest BCUT2D eigenvalue weighted by Gasteiger charge is 2.19. The second-order valence-electron chi connectivity index (χ2n) is 8.22. The van der Waals surface area contributed by atoms with Crippen molar-refractivity contribution in [2.45, 2.75) is 51.9 Å². The predicted molar refractivity (Wildman–Crippen MR) is 133 cm³/mol. The third kappa shape index (κ3) is 5.28. The van der Waals surface area contributed by atoms with Crippen molar-refractivity contribution in [3.05, 3.63) is 83.2 Å². The number of pyridine rings is 1. The fourth-order valence-electron chi connectivity index (χ4n) is 4.06. The van der Waals surface area contributed by atoms with Crippen LogP contribution in [0.3, 0.4) is 0 Å². The molecule has 0 saturated carbocycles. The van der Waals surface area contributed by atoms with Crippen LogP contribution in [0, 0.1) is 19.7 Å². The van der Waals surface area contributed by atoms with Gasteiger partial charge in [-0.05, 0) is 62.6 Å². The van der Waals surface area contributed by atoms with Crippen LogP contribution >= 0.6 is 11.8 Å². The number of hydrogen-bond acceptors (Lipinski definition) is 5. The van der Waals surface area contributed by atoms with Gasteiger partial charge in [-0.15, -0.1) is 10.2 Å². The Kier molecular flexibility index (Phi) is 7.57. The number of carbonyl (C=O) groups excluding carboxylic acids is 1. The monoisotopic (exact) mass is 477 g/mol. The van der Waals surface area contributed by atoms with Crippen LogP contribution in [-0.2, 0) is 19.5 Å². The number of rotatable bonds is 10. The van der Waals surface area contributed by atoms with Crippen molar-refractivity contribution in [1.82, 2.24) is 24.3 Å². The summed E-state index contributed by atoms with van der Waals surface area (Å²) in [6.07, 6.45) is 5.19. The number of Topliss-reactive ketones (excluding diaryl/α,β-unsaturated/α-hetero) is 1. The first kappa shape index (κ1) is 23.9. The zero-order chi connectivity index (χ0) is 24.1. The summed E-state index contributed by atoms with van der Waals surface area (Å²) >= 11 is 1.42. The molecule has 0 radical (unpaired) electrons. The van der Waals surface area contributed by atoms with Crippen molar-refractivity contribution >= 4 is 17.5 Å². The van der Waals surface area contributed by atoms with E-state index < -0.39 is 0 Å². The number of benzene rings is 1. The van der Waals surface area contributed by atoms with Crippen LogP contribution in [0.2, 0.25) is 0 Å². The van der Waals surface area contributed by atoms with Gasteiger partial charge in [-0.1, -0.05) is 30.8 Å². The highest BCUT2D eigenvalue weighted by molar-refractivity contribution is 7.99. The fourth-order valence-corrected chi connectivity index (χ4v) is 4.91. The molecule has 0 fully saturated rings. The van der Waals surface area contributed by atoms with Crippen LogP contribution < -0.4 is 0 Å². The molecule has 0 N–H and O–H groups in total. The van der Waals surface area contributed by atoms with Crippen LogP contribution in [0.15, 0.2) is 60.0 Å². The van der Waals surface area contributed by atoms with Gasteiger partial charge in [-0.2, -0.15) is 0 Å². The van der Waals surface area contributed by atoms with E-state index >= 15 is 0 Å². The van der Waals surface area contributed by atoms with Crippen LogP contribution in [0.25, 0.3) is 11.4 Å². The van der Waals surface area contributed by atoms with Crippen molar-refractivity contribution in [3.63, 3.8) is 0 Å². The molecule has 0 bridgehead atoms. The number of carbonyl (C=O) groups is 1. The summed E-state index contributed by atoms with van der Waals surface area (Å²) in [5.74, 6) is 0.923. The quantitative estimate of drug-likeness (QED) is 0.222. The molecule has 8 heteroatoms. The average Bonchev–Trinajstić information content (AvgIpc) is 3.38. The molecular formula is C26H28FN5OS. The summed E-state index contributed by atoms with van der Waals surface area (Å²) in [5, 5.41) is 9.48. The Hall–Kier alpha value is -3.26. The van der Waals surface area contributed by atoms with Gasteiger partial charge in [0.15, 0.2) is 16.8 Å². The third-order valence-corrected chi connectivity index (χ3v) is 6.81. The Morgan fingerprint density at radius 3 is 2.44 bits per heavy atom. The number of halogens is 1. The Morgan fingerprint density at radius 1 is 1.00 bits per heavy atom. The first-order valence-electron chi connectivity index (χ1n) is 11.4. The van der Waals surface area contributed by atoms with Crippen molar-refractivity contribution in [1.29, 1.82) is 0 Å². The smallest absolute Gasteiger partial charge is 0.191 e. The van der Waals surface area contributed by atoms with E-state index in [1.807, 2.05) is 32.0 Å². The number of hydrogen-bond donors (Lipinski definition) is 0. The number of aromatic nitrogens is 5. The third-order valence-electron chi connectivity index (χ3n) is 5.85. The van der Waals surface area contributed by atoms with E-state index in [1.54, 1.807) is 24.5 Å². The number of ketones is 1. The van der Waals surface area contributed by atoms with Crippen molar-refractivity contribution in [3.8, 4) is 11.4 Å². The number of thioether (sulfide) groups is 1. The van der Waals surface area contributed by atoms with Crippen LogP contribution in [0.1, 0.15) is 40.7 Å². The molecule has 0 saturated heterocycles. The first-order valence-corrected chi connectivity index (χ1v) is 12.4. The zero-order valence-electron chi connectivity index (χ0n) is 19.7. The van der Waals surface area contributed by atoms with Gasteiger partial charge in [0, 0.05) is 48.0 Å². The average molecular weight is 478 g/mol. The maximum Gasteiger partial charge on any atom is 0.191 e. The van der Waals surface area contributed by atoms with Gasteiger partial charge in [0.05, 0.1) is 5.75 Å². The van der Waals surface area contributed by atoms with Crippen LogP contribution in [0.5, 0.6) is 0 Å². The number of aryl methyl sites for hydroxylation is 2. The van der Waals surface area contributed by atoms with Gasteiger partial charge in [0.2, 0.25) is 0 Å². The summed E-state index contributed by atoms with van der Waals surface area (Å²) < 4.78 is 17.4. The molecule has 0 aliphatic carbocycles. The zero-order valence-corrected chi connectivity index (χ0v) is 20.5. The SMILES string of the molecule is CCCn1c(SCC(=O)c2cc(C)n(CCc3ccc(F)cc3)c2C)nnc1-c1ccncc1. The molecule has 3 aromatic heterocycles. The summed E-state index contributed by atoms with van der Waals surface area (Å²) in [6, 6.07) is 12.4. The minimum absolute atomic E-state index is 0.0719. The molecule has 0 unspecified atom stereocenters.